The number of nitrogens with zero attached hydrogens (tertiary/aromatic N) is 2. The Labute approximate surface area is 164 Å². The Morgan fingerprint density at radius 3 is 2.56 bits per heavy atom. The zero-order chi connectivity index (χ0) is 19.4. The highest BCUT2D eigenvalue weighted by Crippen LogP contribution is 2.34. The molecule has 1 heterocycles. The fourth-order valence-electron chi connectivity index (χ4n) is 2.20. The number of para-hydroxylation sites is 1. The van der Waals surface area contributed by atoms with E-state index < -0.39 is 17.6 Å². The summed E-state index contributed by atoms with van der Waals surface area (Å²) < 4.78 is 39.8. The second-order valence-electron chi connectivity index (χ2n) is 5.35. The number of H-pyrrole nitrogens is 1. The van der Waals surface area contributed by atoms with Crippen LogP contribution in [0.3, 0.4) is 0 Å². The number of aromatic nitrogens is 3. The molecule has 0 fully saturated rings. The van der Waals surface area contributed by atoms with Crippen molar-refractivity contribution in [3.63, 3.8) is 0 Å². The SMILES string of the molecule is O=C(CSc1n[nH]c(-c2ccc(Br)cc2)n1)Nc1ccccc1C(F)(F)F. The molecule has 2 aromatic carbocycles. The third kappa shape index (κ3) is 5.10. The summed E-state index contributed by atoms with van der Waals surface area (Å²) in [6.07, 6.45) is -4.54. The summed E-state index contributed by atoms with van der Waals surface area (Å²) in [6.45, 7) is 0. The lowest BCUT2D eigenvalue weighted by Gasteiger charge is -2.13. The van der Waals surface area contributed by atoms with Crippen molar-refractivity contribution < 1.29 is 18.0 Å². The quantitative estimate of drug-likeness (QED) is 0.530. The van der Waals surface area contributed by atoms with E-state index in [-0.39, 0.29) is 11.4 Å². The number of amides is 1. The Morgan fingerprint density at radius 1 is 1.15 bits per heavy atom. The van der Waals surface area contributed by atoms with Gasteiger partial charge in [-0.1, -0.05) is 52.0 Å². The molecule has 0 saturated carbocycles. The Bertz CT molecular complexity index is 944. The second kappa shape index (κ2) is 8.13. The lowest BCUT2D eigenvalue weighted by atomic mass is 10.1. The van der Waals surface area contributed by atoms with Gasteiger partial charge >= 0.3 is 6.18 Å². The molecule has 1 amide bonds. The third-order valence-corrected chi connectivity index (χ3v) is 4.80. The van der Waals surface area contributed by atoms with Crippen LogP contribution in [0.1, 0.15) is 5.56 Å². The van der Waals surface area contributed by atoms with Gasteiger partial charge in [0.2, 0.25) is 11.1 Å². The molecular weight excluding hydrogens is 445 g/mol. The Morgan fingerprint density at radius 2 is 1.85 bits per heavy atom. The minimum Gasteiger partial charge on any atom is -0.325 e. The second-order valence-corrected chi connectivity index (χ2v) is 7.21. The Hall–Kier alpha value is -2.33. The summed E-state index contributed by atoms with van der Waals surface area (Å²) in [5.74, 6) is -0.163. The lowest BCUT2D eigenvalue weighted by Crippen LogP contribution is -2.18. The molecule has 140 valence electrons. The zero-order valence-corrected chi connectivity index (χ0v) is 16.0. The molecule has 0 bridgehead atoms. The summed E-state index contributed by atoms with van der Waals surface area (Å²) in [7, 11) is 0. The van der Waals surface area contributed by atoms with Crippen LogP contribution in [0.5, 0.6) is 0 Å². The summed E-state index contributed by atoms with van der Waals surface area (Å²) in [4.78, 5) is 16.3. The number of alkyl halides is 3. The number of hydrogen-bond donors (Lipinski definition) is 2. The fraction of sp³-hybridized carbons (Fsp3) is 0.118. The predicted octanol–water partition coefficient (Wildman–Crippen LogP) is 4.98. The molecular formula is C17H12BrF3N4OS. The number of carbonyl (C=O) groups is 1. The van der Waals surface area contributed by atoms with Crippen LogP contribution < -0.4 is 5.32 Å². The first-order valence-electron chi connectivity index (χ1n) is 7.60. The lowest BCUT2D eigenvalue weighted by molar-refractivity contribution is -0.137. The van der Waals surface area contributed by atoms with Crippen LogP contribution in [0, 0.1) is 0 Å². The molecule has 0 aliphatic heterocycles. The standard InChI is InChI=1S/C17H12BrF3N4OS/c18-11-7-5-10(6-8-11)15-23-16(25-24-15)27-9-14(26)22-13-4-2-1-3-12(13)17(19,20)21/h1-8H,9H2,(H,22,26)(H,23,24,25). The van der Waals surface area contributed by atoms with E-state index >= 15 is 0 Å². The van der Waals surface area contributed by atoms with Crippen LogP contribution in [-0.4, -0.2) is 26.8 Å². The van der Waals surface area contributed by atoms with E-state index in [1.54, 1.807) is 0 Å². The van der Waals surface area contributed by atoms with E-state index in [2.05, 4.69) is 36.4 Å². The van der Waals surface area contributed by atoms with E-state index in [0.717, 1.165) is 27.9 Å². The molecule has 5 nitrogen and oxygen atoms in total. The average Bonchev–Trinajstić information content (AvgIpc) is 3.09. The number of aromatic amines is 1. The highest BCUT2D eigenvalue weighted by Gasteiger charge is 2.33. The number of benzene rings is 2. The maximum Gasteiger partial charge on any atom is 0.418 e. The smallest absolute Gasteiger partial charge is 0.325 e. The number of hydrogen-bond acceptors (Lipinski definition) is 4. The van der Waals surface area contributed by atoms with Crippen molar-refractivity contribution in [3.8, 4) is 11.4 Å². The molecule has 2 N–H and O–H groups in total. The first-order chi connectivity index (χ1) is 12.8. The van der Waals surface area contributed by atoms with E-state index in [0.29, 0.717) is 11.0 Å². The summed E-state index contributed by atoms with van der Waals surface area (Å²) in [5.41, 5.74) is -0.346. The van der Waals surface area contributed by atoms with E-state index in [1.165, 1.54) is 18.2 Å². The molecule has 0 radical (unpaired) electrons. The zero-order valence-electron chi connectivity index (χ0n) is 13.5. The van der Waals surface area contributed by atoms with Crippen molar-refractivity contribution in [2.75, 3.05) is 11.1 Å². The normalized spacial score (nSPS) is 11.4. The molecule has 0 saturated heterocycles. The molecule has 3 aromatic rings. The Kier molecular flexibility index (Phi) is 5.85. The van der Waals surface area contributed by atoms with Crippen molar-refractivity contribution in [3.05, 3.63) is 58.6 Å². The molecule has 0 atom stereocenters. The van der Waals surface area contributed by atoms with Gasteiger partial charge < -0.3 is 5.32 Å². The van der Waals surface area contributed by atoms with Gasteiger partial charge in [-0.05, 0) is 24.3 Å². The minimum atomic E-state index is -4.54. The first-order valence-corrected chi connectivity index (χ1v) is 9.38. The molecule has 0 spiro atoms. The van der Waals surface area contributed by atoms with Crippen LogP contribution in [0.15, 0.2) is 58.2 Å². The highest BCUT2D eigenvalue weighted by atomic mass is 79.9. The molecule has 3 rings (SSSR count). The molecule has 1 aromatic heterocycles. The van der Waals surface area contributed by atoms with Gasteiger partial charge in [-0.25, -0.2) is 4.98 Å². The molecule has 0 unspecified atom stereocenters. The first kappa shape index (κ1) is 19.4. The minimum absolute atomic E-state index is 0.121. The van der Waals surface area contributed by atoms with Gasteiger partial charge in [-0.15, -0.1) is 5.10 Å². The van der Waals surface area contributed by atoms with Crippen LogP contribution in [0.2, 0.25) is 0 Å². The van der Waals surface area contributed by atoms with Crippen molar-refractivity contribution >= 4 is 39.3 Å². The number of thioether (sulfide) groups is 1. The van der Waals surface area contributed by atoms with Gasteiger partial charge in [0, 0.05) is 10.0 Å². The number of carbonyl (C=O) groups excluding carboxylic acids is 1. The summed E-state index contributed by atoms with van der Waals surface area (Å²) in [5, 5.41) is 9.38. The van der Waals surface area contributed by atoms with Crippen LogP contribution in [0.4, 0.5) is 18.9 Å². The predicted molar refractivity (Wildman–Crippen MR) is 100 cm³/mol. The van der Waals surface area contributed by atoms with Gasteiger partial charge in [-0.2, -0.15) is 13.2 Å². The summed E-state index contributed by atoms with van der Waals surface area (Å²) in [6, 6.07) is 12.2. The van der Waals surface area contributed by atoms with E-state index in [4.69, 9.17) is 0 Å². The molecule has 27 heavy (non-hydrogen) atoms. The van der Waals surface area contributed by atoms with Gasteiger partial charge in [0.15, 0.2) is 5.82 Å². The van der Waals surface area contributed by atoms with E-state index in [9.17, 15) is 18.0 Å². The van der Waals surface area contributed by atoms with E-state index in [1.807, 2.05) is 24.3 Å². The monoisotopic (exact) mass is 456 g/mol. The van der Waals surface area contributed by atoms with Crippen LogP contribution >= 0.6 is 27.7 Å². The van der Waals surface area contributed by atoms with Gasteiger partial charge in [0.25, 0.3) is 0 Å². The number of rotatable bonds is 5. The van der Waals surface area contributed by atoms with Gasteiger partial charge in [-0.3, -0.25) is 9.89 Å². The molecule has 10 heteroatoms. The van der Waals surface area contributed by atoms with Crippen LogP contribution in [0.25, 0.3) is 11.4 Å². The van der Waals surface area contributed by atoms with Crippen LogP contribution in [-0.2, 0) is 11.0 Å². The number of halogens is 4. The van der Waals surface area contributed by atoms with Crippen molar-refractivity contribution in [1.29, 1.82) is 0 Å². The number of anilines is 1. The number of nitrogens with one attached hydrogen (secondary N) is 2. The average molecular weight is 457 g/mol. The summed E-state index contributed by atoms with van der Waals surface area (Å²) >= 11 is 4.37. The maximum absolute atomic E-state index is 13.0. The van der Waals surface area contributed by atoms with Gasteiger partial charge in [0.1, 0.15) is 0 Å². The largest absolute Gasteiger partial charge is 0.418 e. The molecule has 0 aliphatic rings. The van der Waals surface area contributed by atoms with Crippen molar-refractivity contribution in [2.45, 2.75) is 11.3 Å². The highest BCUT2D eigenvalue weighted by molar-refractivity contribution is 9.10. The maximum atomic E-state index is 13.0. The molecule has 0 aliphatic carbocycles. The Balaban J connectivity index is 1.61. The third-order valence-electron chi connectivity index (χ3n) is 3.42. The van der Waals surface area contributed by atoms with Crippen molar-refractivity contribution in [1.82, 2.24) is 15.2 Å². The fourth-order valence-corrected chi connectivity index (χ4v) is 3.07. The van der Waals surface area contributed by atoms with Crippen molar-refractivity contribution in [2.24, 2.45) is 0 Å². The van der Waals surface area contributed by atoms with Gasteiger partial charge in [0.05, 0.1) is 17.0 Å². The topological polar surface area (TPSA) is 70.7 Å².